The molecule has 0 aliphatic heterocycles. The molecule has 0 spiro atoms. The second-order valence-electron chi connectivity index (χ2n) is 5.63. The van der Waals surface area contributed by atoms with Crippen LogP contribution in [0.1, 0.15) is 11.1 Å². The molecule has 0 amide bonds. The molecule has 2 aromatic rings. The molecular formula is C18H14ClF3N2O7. The summed E-state index contributed by atoms with van der Waals surface area (Å²) < 4.78 is 53.1. The van der Waals surface area contributed by atoms with Gasteiger partial charge in [-0.05, 0) is 29.4 Å². The highest BCUT2D eigenvalue weighted by Gasteiger charge is 2.31. The number of benzene rings is 2. The zero-order chi connectivity index (χ0) is 23.2. The van der Waals surface area contributed by atoms with Crippen molar-refractivity contribution in [3.63, 3.8) is 0 Å². The molecule has 0 aliphatic carbocycles. The number of ether oxygens (including phenoxy) is 3. The average Bonchev–Trinajstić information content (AvgIpc) is 2.71. The van der Waals surface area contributed by atoms with Crippen molar-refractivity contribution in [1.29, 1.82) is 0 Å². The van der Waals surface area contributed by atoms with Crippen LogP contribution in [0.25, 0.3) is 0 Å². The number of carbonyl (C=O) groups is 1. The number of nitro groups is 1. The van der Waals surface area contributed by atoms with E-state index >= 15 is 0 Å². The van der Waals surface area contributed by atoms with Crippen LogP contribution in [0.3, 0.4) is 0 Å². The molecule has 9 nitrogen and oxygen atoms in total. The van der Waals surface area contributed by atoms with Gasteiger partial charge in [0, 0.05) is 12.1 Å². The van der Waals surface area contributed by atoms with Gasteiger partial charge in [0.2, 0.25) is 6.61 Å². The van der Waals surface area contributed by atoms with Crippen molar-refractivity contribution in [2.45, 2.75) is 6.18 Å². The van der Waals surface area contributed by atoms with Crippen LogP contribution < -0.4 is 4.74 Å². The maximum Gasteiger partial charge on any atom is 0.416 e. The fourth-order valence-corrected chi connectivity index (χ4v) is 2.41. The van der Waals surface area contributed by atoms with E-state index in [1.807, 2.05) is 0 Å². The number of esters is 1. The number of nitro benzene ring substituents is 1. The Kier molecular flexibility index (Phi) is 7.64. The number of hydrogen-bond acceptors (Lipinski definition) is 8. The molecule has 0 N–H and O–H groups in total. The quantitative estimate of drug-likeness (QED) is 0.195. The van der Waals surface area contributed by atoms with E-state index in [4.69, 9.17) is 25.9 Å². The Bertz CT molecular complexity index is 1010. The highest BCUT2D eigenvalue weighted by atomic mass is 35.5. The second kappa shape index (κ2) is 9.98. The monoisotopic (exact) mass is 462 g/mol. The minimum absolute atomic E-state index is 0.0139. The molecule has 0 heterocycles. The molecule has 0 aromatic heterocycles. The summed E-state index contributed by atoms with van der Waals surface area (Å²) in [4.78, 5) is 26.5. The summed E-state index contributed by atoms with van der Waals surface area (Å²) >= 11 is 5.86. The van der Waals surface area contributed by atoms with Crippen molar-refractivity contribution in [3.05, 3.63) is 62.7 Å². The fraction of sp³-hybridized carbons (Fsp3) is 0.222. The number of methoxy groups -OCH3 is 2. The normalized spacial score (nSPS) is 11.6. The van der Waals surface area contributed by atoms with Crippen LogP contribution in [0.4, 0.5) is 18.9 Å². The Morgan fingerprint density at radius 3 is 2.42 bits per heavy atom. The van der Waals surface area contributed by atoms with E-state index in [0.29, 0.717) is 6.07 Å². The number of oxime groups is 1. The van der Waals surface area contributed by atoms with Gasteiger partial charge in [-0.3, -0.25) is 10.1 Å². The van der Waals surface area contributed by atoms with Gasteiger partial charge in [0.05, 0.1) is 29.7 Å². The van der Waals surface area contributed by atoms with Gasteiger partial charge in [-0.2, -0.15) is 13.2 Å². The van der Waals surface area contributed by atoms with E-state index in [2.05, 4.69) is 9.89 Å². The lowest BCUT2D eigenvalue weighted by atomic mass is 10.1. The second-order valence-corrected chi connectivity index (χ2v) is 6.04. The molecule has 0 saturated carbocycles. The Hall–Kier alpha value is -3.54. The number of halogens is 4. The molecule has 0 atom stereocenters. The topological polar surface area (TPSA) is 109 Å². The highest BCUT2D eigenvalue weighted by Crippen LogP contribution is 2.37. The lowest BCUT2D eigenvalue weighted by Crippen LogP contribution is -2.12. The third kappa shape index (κ3) is 6.22. The van der Waals surface area contributed by atoms with E-state index in [9.17, 15) is 28.1 Å². The maximum absolute atomic E-state index is 12.8. The third-order valence-electron chi connectivity index (χ3n) is 3.63. The molecule has 2 aromatic carbocycles. The maximum atomic E-state index is 12.8. The van der Waals surface area contributed by atoms with Crippen molar-refractivity contribution in [3.8, 4) is 11.5 Å². The molecule has 2 rings (SSSR count). The first-order valence-corrected chi connectivity index (χ1v) is 8.58. The summed E-state index contributed by atoms with van der Waals surface area (Å²) in [5.41, 5.74) is -1.59. The number of hydrogen-bond donors (Lipinski definition) is 0. The van der Waals surface area contributed by atoms with Crippen LogP contribution in [0.5, 0.6) is 11.5 Å². The van der Waals surface area contributed by atoms with E-state index in [0.717, 1.165) is 38.5 Å². The lowest BCUT2D eigenvalue weighted by Gasteiger charge is -2.12. The Morgan fingerprint density at radius 2 is 1.87 bits per heavy atom. The molecule has 0 saturated heterocycles. The summed E-state index contributed by atoms with van der Waals surface area (Å²) in [5, 5.41) is 14.5. The standard InChI is InChI=1S/C18H14ClF3N2O7/c1-28-16(25)9-30-23-17(29-2)12-8-11(4-5-14(12)24(26)27)31-15-6-3-10(7-13(15)19)18(20,21)22/h3-8H,9H2,1-2H3. The van der Waals surface area contributed by atoms with Gasteiger partial charge in [0.1, 0.15) is 17.1 Å². The predicted molar refractivity (Wildman–Crippen MR) is 101 cm³/mol. The first-order valence-electron chi connectivity index (χ1n) is 8.21. The van der Waals surface area contributed by atoms with Crippen molar-refractivity contribution >= 4 is 29.2 Å². The van der Waals surface area contributed by atoms with E-state index in [-0.39, 0.29) is 28.0 Å². The number of alkyl halides is 3. The summed E-state index contributed by atoms with van der Waals surface area (Å²) in [6, 6.07) is 5.89. The summed E-state index contributed by atoms with van der Waals surface area (Å²) in [7, 11) is 2.29. The van der Waals surface area contributed by atoms with E-state index in [1.165, 1.54) is 6.07 Å². The molecular weight excluding hydrogens is 449 g/mol. The molecule has 13 heteroatoms. The van der Waals surface area contributed by atoms with Crippen LogP contribution in [0.15, 0.2) is 41.6 Å². The lowest BCUT2D eigenvalue weighted by molar-refractivity contribution is -0.385. The summed E-state index contributed by atoms with van der Waals surface area (Å²) in [6.45, 7) is -0.575. The third-order valence-corrected chi connectivity index (χ3v) is 3.93. The average molecular weight is 463 g/mol. The molecule has 0 aliphatic rings. The van der Waals surface area contributed by atoms with Crippen molar-refractivity contribution < 1.29 is 41.9 Å². The smallest absolute Gasteiger partial charge is 0.416 e. The van der Waals surface area contributed by atoms with Crippen molar-refractivity contribution in [2.24, 2.45) is 5.16 Å². The molecule has 0 bridgehead atoms. The zero-order valence-corrected chi connectivity index (χ0v) is 16.7. The van der Waals surface area contributed by atoms with E-state index in [1.54, 1.807) is 0 Å². The van der Waals surface area contributed by atoms with Gasteiger partial charge < -0.3 is 19.0 Å². The first-order chi connectivity index (χ1) is 14.6. The minimum atomic E-state index is -4.59. The number of nitrogens with zero attached hydrogens (tertiary/aromatic N) is 2. The van der Waals surface area contributed by atoms with Gasteiger partial charge in [-0.1, -0.05) is 11.6 Å². The van der Waals surface area contributed by atoms with Crippen LogP contribution in [-0.2, 0) is 25.3 Å². The number of carbonyl (C=O) groups excluding carboxylic acids is 1. The fourth-order valence-electron chi connectivity index (χ4n) is 2.19. The van der Waals surface area contributed by atoms with Crippen molar-refractivity contribution in [2.75, 3.05) is 20.8 Å². The summed E-state index contributed by atoms with van der Waals surface area (Å²) in [6.07, 6.45) is -4.59. The van der Waals surface area contributed by atoms with Gasteiger partial charge in [-0.15, -0.1) is 0 Å². The van der Waals surface area contributed by atoms with E-state index < -0.39 is 34.9 Å². The SMILES string of the molecule is COC(=O)CON=C(OC)c1cc(Oc2ccc(C(F)(F)F)cc2Cl)ccc1[N+](=O)[O-]. The van der Waals surface area contributed by atoms with Crippen molar-refractivity contribution in [1.82, 2.24) is 0 Å². The number of rotatable bonds is 7. The first kappa shape index (κ1) is 23.7. The van der Waals surface area contributed by atoms with Crippen LogP contribution >= 0.6 is 11.6 Å². The van der Waals surface area contributed by atoms with Gasteiger partial charge in [-0.25, -0.2) is 4.79 Å². The molecule has 166 valence electrons. The minimum Gasteiger partial charge on any atom is -0.478 e. The molecule has 0 fully saturated rings. The van der Waals surface area contributed by atoms with Crippen LogP contribution in [0, 0.1) is 10.1 Å². The Labute approximate surface area is 178 Å². The van der Waals surface area contributed by atoms with Crippen LogP contribution in [0.2, 0.25) is 5.02 Å². The summed E-state index contributed by atoms with van der Waals surface area (Å²) in [5.74, 6) is -1.24. The highest BCUT2D eigenvalue weighted by molar-refractivity contribution is 6.32. The van der Waals surface area contributed by atoms with Gasteiger partial charge in [0.15, 0.2) is 0 Å². The Morgan fingerprint density at radius 1 is 1.16 bits per heavy atom. The Balaban J connectivity index is 2.38. The molecule has 0 unspecified atom stereocenters. The largest absolute Gasteiger partial charge is 0.478 e. The molecule has 31 heavy (non-hydrogen) atoms. The molecule has 0 radical (unpaired) electrons. The van der Waals surface area contributed by atoms with Gasteiger partial charge in [0.25, 0.3) is 11.6 Å². The van der Waals surface area contributed by atoms with Gasteiger partial charge >= 0.3 is 12.1 Å². The predicted octanol–water partition coefficient (Wildman–Crippen LogP) is 4.56. The zero-order valence-electron chi connectivity index (χ0n) is 15.9. The van der Waals surface area contributed by atoms with Crippen LogP contribution in [-0.4, -0.2) is 37.6 Å².